The molecule has 164 valence electrons. The summed E-state index contributed by atoms with van der Waals surface area (Å²) in [5.41, 5.74) is -1.20. The minimum atomic E-state index is -0.598. The summed E-state index contributed by atoms with van der Waals surface area (Å²) in [6, 6.07) is 0. The highest BCUT2D eigenvalue weighted by atomic mass is 16.6. The van der Waals surface area contributed by atoms with Gasteiger partial charge in [-0.1, -0.05) is 53.7 Å². The zero-order valence-electron chi connectivity index (χ0n) is 18.9. The van der Waals surface area contributed by atoms with Crippen LogP contribution in [-0.2, 0) is 19.1 Å². The lowest BCUT2D eigenvalue weighted by atomic mass is 9.63. The molecule has 6 unspecified atom stereocenters. The van der Waals surface area contributed by atoms with Gasteiger partial charge in [0.25, 0.3) is 0 Å². The molecule has 0 bridgehead atoms. The van der Waals surface area contributed by atoms with Crippen LogP contribution in [0.25, 0.3) is 0 Å². The van der Waals surface area contributed by atoms with E-state index in [2.05, 4.69) is 40.9 Å². The molecule has 0 heterocycles. The summed E-state index contributed by atoms with van der Waals surface area (Å²) in [4.78, 5) is 24.6. The van der Waals surface area contributed by atoms with Crippen LogP contribution in [0.1, 0.15) is 85.5 Å². The summed E-state index contributed by atoms with van der Waals surface area (Å²) in [6.45, 7) is 16.2. The van der Waals surface area contributed by atoms with Crippen LogP contribution >= 0.6 is 0 Å². The summed E-state index contributed by atoms with van der Waals surface area (Å²) in [6.07, 6.45) is 10.5. The SMILES string of the molecule is C=CC(=O)OC1(CC2(OC(=O)C=C)CCC(C)C(CC)C2)CCC(C)C(CC)C1. The Hall–Kier alpha value is -1.58. The molecule has 0 radical (unpaired) electrons. The van der Waals surface area contributed by atoms with Gasteiger partial charge in [-0.2, -0.15) is 0 Å². The largest absolute Gasteiger partial charge is 0.456 e. The van der Waals surface area contributed by atoms with Crippen molar-refractivity contribution in [2.75, 3.05) is 0 Å². The molecule has 0 amide bonds. The molecule has 0 aromatic rings. The molecule has 2 aliphatic rings. The van der Waals surface area contributed by atoms with Crippen LogP contribution in [0.5, 0.6) is 0 Å². The average Bonchev–Trinajstić information content (AvgIpc) is 2.71. The molecule has 0 spiro atoms. The van der Waals surface area contributed by atoms with Gasteiger partial charge in [-0.05, 0) is 62.2 Å². The number of ether oxygens (including phenoxy) is 2. The molecule has 0 N–H and O–H groups in total. The second-order valence-electron chi connectivity index (χ2n) is 9.57. The van der Waals surface area contributed by atoms with E-state index in [1.165, 1.54) is 12.2 Å². The summed E-state index contributed by atoms with van der Waals surface area (Å²) in [7, 11) is 0. The zero-order valence-corrected chi connectivity index (χ0v) is 18.9. The number of carbonyl (C=O) groups is 2. The van der Waals surface area contributed by atoms with Crippen molar-refractivity contribution < 1.29 is 19.1 Å². The van der Waals surface area contributed by atoms with Crippen molar-refractivity contribution in [3.8, 4) is 0 Å². The zero-order chi connectivity index (χ0) is 21.7. The van der Waals surface area contributed by atoms with Crippen LogP contribution in [0, 0.1) is 23.7 Å². The summed E-state index contributed by atoms with van der Waals surface area (Å²) >= 11 is 0. The Kier molecular flexibility index (Phi) is 8.13. The Labute approximate surface area is 177 Å². The molecule has 0 aromatic carbocycles. The smallest absolute Gasteiger partial charge is 0.330 e. The highest BCUT2D eigenvalue weighted by molar-refractivity contribution is 5.82. The Balaban J connectivity index is 2.38. The molecule has 0 aromatic heterocycles. The maximum absolute atomic E-state index is 12.3. The molecular weight excluding hydrogens is 364 g/mol. The van der Waals surface area contributed by atoms with E-state index in [9.17, 15) is 9.59 Å². The Morgan fingerprint density at radius 2 is 1.24 bits per heavy atom. The lowest BCUT2D eigenvalue weighted by Gasteiger charge is -2.50. The van der Waals surface area contributed by atoms with Crippen LogP contribution in [0.15, 0.2) is 25.3 Å². The van der Waals surface area contributed by atoms with Gasteiger partial charge in [0.15, 0.2) is 0 Å². The Morgan fingerprint density at radius 3 is 1.55 bits per heavy atom. The van der Waals surface area contributed by atoms with Gasteiger partial charge in [-0.15, -0.1) is 0 Å². The first kappa shape index (κ1) is 23.7. The lowest BCUT2D eigenvalue weighted by Crippen LogP contribution is -2.52. The normalized spacial score (nSPS) is 37.4. The number of esters is 2. The van der Waals surface area contributed by atoms with Gasteiger partial charge in [-0.25, -0.2) is 9.59 Å². The third kappa shape index (κ3) is 5.73. The van der Waals surface area contributed by atoms with Crippen molar-refractivity contribution in [3.63, 3.8) is 0 Å². The first-order valence-corrected chi connectivity index (χ1v) is 11.4. The van der Waals surface area contributed by atoms with Gasteiger partial charge in [0.05, 0.1) is 0 Å². The molecule has 2 saturated carbocycles. The maximum atomic E-state index is 12.3. The van der Waals surface area contributed by atoms with Crippen molar-refractivity contribution in [1.82, 2.24) is 0 Å². The van der Waals surface area contributed by atoms with E-state index in [1.807, 2.05) is 0 Å². The topological polar surface area (TPSA) is 52.6 Å². The van der Waals surface area contributed by atoms with Gasteiger partial charge in [-0.3, -0.25) is 0 Å². The molecular formula is C25H40O4. The molecule has 2 fully saturated rings. The van der Waals surface area contributed by atoms with Crippen LogP contribution in [0.3, 0.4) is 0 Å². The van der Waals surface area contributed by atoms with E-state index >= 15 is 0 Å². The number of rotatable bonds is 8. The molecule has 29 heavy (non-hydrogen) atoms. The second-order valence-corrected chi connectivity index (χ2v) is 9.57. The third-order valence-corrected chi connectivity index (χ3v) is 7.65. The number of hydrogen-bond donors (Lipinski definition) is 0. The molecule has 4 nitrogen and oxygen atoms in total. The van der Waals surface area contributed by atoms with Gasteiger partial charge in [0.1, 0.15) is 11.2 Å². The number of hydrogen-bond acceptors (Lipinski definition) is 4. The Bertz CT molecular complexity index is 560. The van der Waals surface area contributed by atoms with E-state index in [0.29, 0.717) is 30.1 Å². The second kappa shape index (κ2) is 9.95. The summed E-state index contributed by atoms with van der Waals surface area (Å²) < 4.78 is 12.1. The summed E-state index contributed by atoms with van der Waals surface area (Å²) in [5, 5.41) is 0. The van der Waals surface area contributed by atoms with Crippen molar-refractivity contribution in [3.05, 3.63) is 25.3 Å². The minimum Gasteiger partial charge on any atom is -0.456 e. The molecule has 0 saturated heterocycles. The fraction of sp³-hybridized carbons (Fsp3) is 0.760. The van der Waals surface area contributed by atoms with Crippen molar-refractivity contribution >= 4 is 11.9 Å². The van der Waals surface area contributed by atoms with Gasteiger partial charge >= 0.3 is 11.9 Å². The highest BCUT2D eigenvalue weighted by Crippen LogP contribution is 2.50. The van der Waals surface area contributed by atoms with Crippen molar-refractivity contribution in [1.29, 1.82) is 0 Å². The molecule has 6 atom stereocenters. The van der Waals surface area contributed by atoms with E-state index in [-0.39, 0.29) is 11.9 Å². The van der Waals surface area contributed by atoms with E-state index in [4.69, 9.17) is 9.47 Å². The monoisotopic (exact) mass is 404 g/mol. The fourth-order valence-corrected chi connectivity index (χ4v) is 5.78. The van der Waals surface area contributed by atoms with E-state index in [1.54, 1.807) is 0 Å². The van der Waals surface area contributed by atoms with Gasteiger partial charge in [0.2, 0.25) is 0 Å². The Morgan fingerprint density at radius 1 is 0.862 bits per heavy atom. The molecule has 4 heteroatoms. The highest BCUT2D eigenvalue weighted by Gasteiger charge is 2.51. The van der Waals surface area contributed by atoms with Crippen LogP contribution < -0.4 is 0 Å². The molecule has 0 aliphatic heterocycles. The maximum Gasteiger partial charge on any atom is 0.330 e. The van der Waals surface area contributed by atoms with Crippen LogP contribution in [0.4, 0.5) is 0 Å². The number of carbonyl (C=O) groups excluding carboxylic acids is 2. The van der Waals surface area contributed by atoms with Crippen LogP contribution in [-0.4, -0.2) is 23.1 Å². The van der Waals surface area contributed by atoms with Gasteiger partial charge in [0, 0.05) is 18.6 Å². The first-order chi connectivity index (χ1) is 13.7. The predicted octanol–water partition coefficient (Wildman–Crippen LogP) is 6.00. The average molecular weight is 405 g/mol. The van der Waals surface area contributed by atoms with Crippen LogP contribution in [0.2, 0.25) is 0 Å². The minimum absolute atomic E-state index is 0.379. The van der Waals surface area contributed by atoms with Crippen molar-refractivity contribution in [2.45, 2.75) is 96.7 Å². The fourth-order valence-electron chi connectivity index (χ4n) is 5.78. The molecule has 2 aliphatic carbocycles. The van der Waals surface area contributed by atoms with E-state index in [0.717, 1.165) is 51.4 Å². The lowest BCUT2D eigenvalue weighted by molar-refractivity contribution is -0.187. The third-order valence-electron chi connectivity index (χ3n) is 7.65. The van der Waals surface area contributed by atoms with E-state index < -0.39 is 11.2 Å². The first-order valence-electron chi connectivity index (χ1n) is 11.4. The van der Waals surface area contributed by atoms with Gasteiger partial charge < -0.3 is 9.47 Å². The summed E-state index contributed by atoms with van der Waals surface area (Å²) in [5.74, 6) is 1.46. The standard InChI is InChI=1S/C25H40O4/c1-7-20-15-24(13-11-18(20)5,28-22(26)9-3)17-25(29-23(27)10-4)14-12-19(6)21(8-2)16-25/h9-10,18-21H,3-4,7-8,11-17H2,1-2,5-6H3. The molecule has 2 rings (SSSR count). The van der Waals surface area contributed by atoms with Crippen molar-refractivity contribution in [2.24, 2.45) is 23.7 Å². The quantitative estimate of drug-likeness (QED) is 0.367. The predicted molar refractivity (Wildman–Crippen MR) is 116 cm³/mol.